The quantitative estimate of drug-likeness (QED) is 0.898. The lowest BCUT2D eigenvalue weighted by Crippen LogP contribution is -1.91. The van der Waals surface area contributed by atoms with E-state index in [4.69, 9.17) is 4.42 Å². The van der Waals surface area contributed by atoms with Gasteiger partial charge in [-0.2, -0.15) is 0 Å². The number of rotatable bonds is 3. The van der Waals surface area contributed by atoms with Gasteiger partial charge in [0.25, 0.3) is 0 Å². The highest BCUT2D eigenvalue weighted by Gasteiger charge is 2.14. The number of furan rings is 1. The van der Waals surface area contributed by atoms with Gasteiger partial charge in [-0.05, 0) is 59.1 Å². The van der Waals surface area contributed by atoms with Gasteiger partial charge in [-0.3, -0.25) is 0 Å². The topological polar surface area (TPSA) is 33.4 Å². The zero-order valence-electron chi connectivity index (χ0n) is 10.2. The fourth-order valence-corrected chi connectivity index (χ4v) is 2.25. The van der Waals surface area contributed by atoms with E-state index in [1.54, 1.807) is 18.2 Å². The Balaban J connectivity index is 2.43. The molecule has 1 atom stereocenters. The minimum absolute atomic E-state index is 0.329. The summed E-state index contributed by atoms with van der Waals surface area (Å²) in [5.74, 6) is 0.751. The lowest BCUT2D eigenvalue weighted by atomic mass is 10.1. The van der Waals surface area contributed by atoms with Gasteiger partial charge in [0.2, 0.25) is 0 Å². The second-order valence-electron chi connectivity index (χ2n) is 4.21. The van der Waals surface area contributed by atoms with E-state index in [0.717, 1.165) is 5.56 Å². The Labute approximate surface area is 114 Å². The zero-order chi connectivity index (χ0) is 13.3. The molecule has 1 aromatic carbocycles. The van der Waals surface area contributed by atoms with Crippen molar-refractivity contribution < 1.29 is 13.9 Å². The molecule has 1 heterocycles. The van der Waals surface area contributed by atoms with E-state index in [-0.39, 0.29) is 5.82 Å². The van der Waals surface area contributed by atoms with Gasteiger partial charge in [-0.25, -0.2) is 4.39 Å². The van der Waals surface area contributed by atoms with Crippen LogP contribution in [0.1, 0.15) is 30.8 Å². The fourth-order valence-electron chi connectivity index (χ4n) is 1.79. The zero-order valence-corrected chi connectivity index (χ0v) is 11.8. The van der Waals surface area contributed by atoms with Gasteiger partial charge in [-0.15, -0.1) is 0 Å². The third kappa shape index (κ3) is 2.49. The fraction of sp³-hybridized carbons (Fsp3) is 0.286. The monoisotopic (exact) mass is 312 g/mol. The lowest BCUT2D eigenvalue weighted by Gasteiger charge is -2.06. The SMILES string of the molecule is CCC(O)c1ccc(-c2cc(F)c(Br)cc2C)o1. The minimum Gasteiger partial charge on any atom is -0.458 e. The highest BCUT2D eigenvalue weighted by atomic mass is 79.9. The molecule has 4 heteroatoms. The summed E-state index contributed by atoms with van der Waals surface area (Å²) < 4.78 is 19.5. The van der Waals surface area contributed by atoms with Gasteiger partial charge >= 0.3 is 0 Å². The van der Waals surface area contributed by atoms with Crippen LogP contribution in [-0.4, -0.2) is 5.11 Å². The van der Waals surface area contributed by atoms with Gasteiger partial charge in [0, 0.05) is 5.56 Å². The number of hydrogen-bond acceptors (Lipinski definition) is 2. The highest BCUT2D eigenvalue weighted by Crippen LogP contribution is 2.31. The Morgan fingerprint density at radius 3 is 2.78 bits per heavy atom. The average Bonchev–Trinajstić information content (AvgIpc) is 2.82. The summed E-state index contributed by atoms with van der Waals surface area (Å²) in [5.41, 5.74) is 1.61. The molecule has 0 aliphatic carbocycles. The summed E-state index contributed by atoms with van der Waals surface area (Å²) in [6.45, 7) is 3.76. The third-order valence-corrected chi connectivity index (χ3v) is 3.48. The van der Waals surface area contributed by atoms with Crippen LogP contribution in [0.2, 0.25) is 0 Å². The first-order chi connectivity index (χ1) is 8.52. The van der Waals surface area contributed by atoms with Crippen LogP contribution in [0.15, 0.2) is 33.2 Å². The second kappa shape index (κ2) is 5.24. The van der Waals surface area contributed by atoms with Crippen molar-refractivity contribution in [2.24, 2.45) is 0 Å². The molecular formula is C14H14BrFO2. The molecule has 18 heavy (non-hydrogen) atoms. The van der Waals surface area contributed by atoms with Crippen LogP contribution >= 0.6 is 15.9 Å². The number of aryl methyl sites for hydroxylation is 1. The molecule has 0 spiro atoms. The van der Waals surface area contributed by atoms with Crippen LogP contribution in [0.3, 0.4) is 0 Å². The molecule has 2 nitrogen and oxygen atoms in total. The van der Waals surface area contributed by atoms with Crippen molar-refractivity contribution in [3.63, 3.8) is 0 Å². The molecular weight excluding hydrogens is 299 g/mol. The summed E-state index contributed by atoms with van der Waals surface area (Å²) in [6, 6.07) is 6.62. The van der Waals surface area contributed by atoms with Crippen LogP contribution in [0, 0.1) is 12.7 Å². The predicted octanol–water partition coefficient (Wildman–Crippen LogP) is 4.60. The lowest BCUT2D eigenvalue weighted by molar-refractivity contribution is 0.147. The van der Waals surface area contributed by atoms with Crippen molar-refractivity contribution >= 4 is 15.9 Å². The minimum atomic E-state index is -0.612. The van der Waals surface area contributed by atoms with Crippen LogP contribution in [-0.2, 0) is 0 Å². The standard InChI is InChI=1S/C14H14BrFO2/c1-3-12(17)14-5-4-13(18-14)9-7-11(16)10(15)6-8(9)2/h4-7,12,17H,3H2,1-2H3. The molecule has 0 fully saturated rings. The van der Waals surface area contributed by atoms with Crippen LogP contribution in [0.5, 0.6) is 0 Å². The summed E-state index contributed by atoms with van der Waals surface area (Å²) in [5, 5.41) is 9.68. The Morgan fingerprint density at radius 1 is 1.39 bits per heavy atom. The summed E-state index contributed by atoms with van der Waals surface area (Å²) in [6.07, 6.45) is -0.0277. The molecule has 1 aromatic heterocycles. The van der Waals surface area contributed by atoms with E-state index >= 15 is 0 Å². The van der Waals surface area contributed by atoms with E-state index < -0.39 is 6.10 Å². The molecule has 0 aliphatic heterocycles. The summed E-state index contributed by atoms with van der Waals surface area (Å²) >= 11 is 3.15. The van der Waals surface area contributed by atoms with Crippen molar-refractivity contribution in [2.75, 3.05) is 0 Å². The predicted molar refractivity (Wildman–Crippen MR) is 71.8 cm³/mol. The normalized spacial score (nSPS) is 12.7. The molecule has 0 saturated carbocycles. The average molecular weight is 313 g/mol. The Morgan fingerprint density at radius 2 is 2.11 bits per heavy atom. The molecule has 1 unspecified atom stereocenters. The molecule has 0 saturated heterocycles. The van der Waals surface area contributed by atoms with Gasteiger partial charge in [-0.1, -0.05) is 6.92 Å². The van der Waals surface area contributed by atoms with E-state index in [9.17, 15) is 9.50 Å². The number of hydrogen-bond donors (Lipinski definition) is 1. The first-order valence-electron chi connectivity index (χ1n) is 5.76. The molecule has 96 valence electrons. The van der Waals surface area contributed by atoms with Crippen LogP contribution in [0.25, 0.3) is 11.3 Å². The maximum absolute atomic E-state index is 13.5. The van der Waals surface area contributed by atoms with Crippen LogP contribution < -0.4 is 0 Å². The number of aliphatic hydroxyl groups excluding tert-OH is 1. The molecule has 0 radical (unpaired) electrons. The first kappa shape index (κ1) is 13.3. The molecule has 0 bridgehead atoms. The van der Waals surface area contributed by atoms with Crippen molar-refractivity contribution in [3.8, 4) is 11.3 Å². The van der Waals surface area contributed by atoms with E-state index in [2.05, 4.69) is 15.9 Å². The molecule has 2 aromatic rings. The Hall–Kier alpha value is -1.13. The van der Waals surface area contributed by atoms with Crippen molar-refractivity contribution in [1.29, 1.82) is 0 Å². The molecule has 0 aliphatic rings. The highest BCUT2D eigenvalue weighted by molar-refractivity contribution is 9.10. The van der Waals surface area contributed by atoms with E-state index in [1.165, 1.54) is 6.07 Å². The number of benzene rings is 1. The van der Waals surface area contributed by atoms with Crippen molar-refractivity contribution in [2.45, 2.75) is 26.4 Å². The number of aliphatic hydroxyl groups is 1. The van der Waals surface area contributed by atoms with Crippen LogP contribution in [0.4, 0.5) is 4.39 Å². The van der Waals surface area contributed by atoms with Gasteiger partial charge in [0.05, 0.1) is 4.47 Å². The maximum Gasteiger partial charge on any atom is 0.138 e. The second-order valence-corrected chi connectivity index (χ2v) is 5.06. The van der Waals surface area contributed by atoms with Gasteiger partial charge in [0.1, 0.15) is 23.4 Å². The van der Waals surface area contributed by atoms with Gasteiger partial charge < -0.3 is 9.52 Å². The Kier molecular flexibility index (Phi) is 3.88. The largest absolute Gasteiger partial charge is 0.458 e. The van der Waals surface area contributed by atoms with E-state index in [0.29, 0.717) is 28.0 Å². The first-order valence-corrected chi connectivity index (χ1v) is 6.56. The third-order valence-electron chi connectivity index (χ3n) is 2.87. The number of halogens is 2. The molecule has 0 amide bonds. The van der Waals surface area contributed by atoms with Crippen molar-refractivity contribution in [1.82, 2.24) is 0 Å². The summed E-state index contributed by atoms with van der Waals surface area (Å²) in [7, 11) is 0. The molecule has 2 rings (SSSR count). The Bertz CT molecular complexity index is 563. The maximum atomic E-state index is 13.5. The van der Waals surface area contributed by atoms with E-state index in [1.807, 2.05) is 13.8 Å². The van der Waals surface area contributed by atoms with Crippen molar-refractivity contribution in [3.05, 3.63) is 45.9 Å². The molecule has 1 N–H and O–H groups in total. The summed E-state index contributed by atoms with van der Waals surface area (Å²) in [4.78, 5) is 0. The van der Waals surface area contributed by atoms with Gasteiger partial charge in [0.15, 0.2) is 0 Å². The smallest absolute Gasteiger partial charge is 0.138 e.